The highest BCUT2D eigenvalue weighted by Crippen LogP contribution is 2.67. The third kappa shape index (κ3) is 2.33. The van der Waals surface area contributed by atoms with Gasteiger partial charge in [-0.05, 0) is 67.3 Å². The second kappa shape index (κ2) is 5.09. The van der Waals surface area contributed by atoms with Gasteiger partial charge in [-0.2, -0.15) is 0 Å². The number of hydrogen-bond acceptors (Lipinski definition) is 1. The number of alkyl halides is 1. The summed E-state index contributed by atoms with van der Waals surface area (Å²) in [5, 5.41) is 9.59. The molecule has 3 heteroatoms. The van der Waals surface area contributed by atoms with E-state index < -0.39 is 5.97 Å². The number of carboxylic acids is 1. The molecule has 1 aromatic carbocycles. The Bertz CT molecular complexity index is 566. The van der Waals surface area contributed by atoms with Gasteiger partial charge in [0.15, 0.2) is 0 Å². The molecule has 4 saturated carbocycles. The van der Waals surface area contributed by atoms with E-state index in [9.17, 15) is 9.90 Å². The molecule has 22 heavy (non-hydrogen) atoms. The van der Waals surface area contributed by atoms with Gasteiger partial charge in [-0.25, -0.2) is 0 Å². The van der Waals surface area contributed by atoms with Gasteiger partial charge in [-0.15, -0.1) is 0 Å². The first-order valence-electron chi connectivity index (χ1n) is 8.44. The van der Waals surface area contributed by atoms with Crippen molar-refractivity contribution in [1.82, 2.24) is 0 Å². The molecule has 4 aliphatic carbocycles. The van der Waals surface area contributed by atoms with Gasteiger partial charge in [0.25, 0.3) is 0 Å². The van der Waals surface area contributed by atoms with Gasteiger partial charge >= 0.3 is 5.97 Å². The van der Waals surface area contributed by atoms with Crippen molar-refractivity contribution in [2.75, 3.05) is 0 Å². The van der Waals surface area contributed by atoms with E-state index >= 15 is 0 Å². The molecule has 4 aliphatic rings. The monoisotopic (exact) mass is 362 g/mol. The highest BCUT2D eigenvalue weighted by molar-refractivity contribution is 9.10. The van der Waals surface area contributed by atoms with E-state index in [1.807, 2.05) is 6.07 Å². The summed E-state index contributed by atoms with van der Waals surface area (Å²) >= 11 is 4.01. The van der Waals surface area contributed by atoms with Crippen molar-refractivity contribution >= 4 is 21.9 Å². The molecule has 0 saturated heterocycles. The summed E-state index contributed by atoms with van der Waals surface area (Å²) in [6.07, 6.45) is 7.39. The van der Waals surface area contributed by atoms with Gasteiger partial charge in [0.1, 0.15) is 0 Å². The summed E-state index contributed by atoms with van der Waals surface area (Å²) in [4.78, 5) is 11.7. The summed E-state index contributed by atoms with van der Waals surface area (Å²) in [7, 11) is 0. The summed E-state index contributed by atoms with van der Waals surface area (Å²) in [6.45, 7) is 0. The first kappa shape index (κ1) is 14.7. The van der Waals surface area contributed by atoms with Crippen LogP contribution in [0.3, 0.4) is 0 Å². The fourth-order valence-electron chi connectivity index (χ4n) is 5.99. The minimum Gasteiger partial charge on any atom is -0.481 e. The second-order valence-electron chi connectivity index (χ2n) is 7.96. The predicted octanol–water partition coefficient (Wildman–Crippen LogP) is 4.66. The molecule has 2 nitrogen and oxygen atoms in total. The van der Waals surface area contributed by atoms with Gasteiger partial charge in [0.2, 0.25) is 0 Å². The molecule has 0 aliphatic heterocycles. The maximum atomic E-state index is 11.7. The highest BCUT2D eigenvalue weighted by Gasteiger charge is 2.61. The lowest BCUT2D eigenvalue weighted by molar-refractivity contribution is -0.152. The van der Waals surface area contributed by atoms with Crippen molar-refractivity contribution < 1.29 is 9.90 Å². The molecule has 0 amide bonds. The highest BCUT2D eigenvalue weighted by atomic mass is 79.9. The van der Waals surface area contributed by atoms with E-state index in [0.29, 0.717) is 22.6 Å². The van der Waals surface area contributed by atoms with Gasteiger partial charge in [-0.3, -0.25) is 4.79 Å². The van der Waals surface area contributed by atoms with Crippen LogP contribution in [0.15, 0.2) is 30.3 Å². The van der Waals surface area contributed by atoms with Crippen LogP contribution < -0.4 is 0 Å². The van der Waals surface area contributed by atoms with Crippen molar-refractivity contribution in [2.24, 2.45) is 23.2 Å². The molecule has 1 N–H and O–H groups in total. The smallest absolute Gasteiger partial charge is 0.303 e. The van der Waals surface area contributed by atoms with Crippen LogP contribution in [0, 0.1) is 23.2 Å². The Morgan fingerprint density at radius 3 is 2.32 bits per heavy atom. The molecular formula is C19H23BrO2. The molecule has 4 bridgehead atoms. The van der Waals surface area contributed by atoms with Crippen molar-refractivity contribution in [2.45, 2.75) is 49.3 Å². The van der Waals surface area contributed by atoms with Gasteiger partial charge in [-0.1, -0.05) is 46.3 Å². The molecule has 0 radical (unpaired) electrons. The predicted molar refractivity (Wildman–Crippen MR) is 90.0 cm³/mol. The Kier molecular flexibility index (Phi) is 3.41. The molecule has 1 aromatic rings. The molecule has 5 rings (SSSR count). The largest absolute Gasteiger partial charge is 0.481 e. The molecule has 0 heterocycles. The summed E-state index contributed by atoms with van der Waals surface area (Å²) in [6, 6.07) is 10.5. The number of rotatable bonds is 4. The fraction of sp³-hybridized carbons (Fsp3) is 0.632. The Hall–Kier alpha value is -0.830. The zero-order valence-electron chi connectivity index (χ0n) is 12.8. The molecule has 2 unspecified atom stereocenters. The van der Waals surface area contributed by atoms with Crippen LogP contribution >= 0.6 is 15.9 Å². The molecule has 0 aromatic heterocycles. The van der Waals surface area contributed by atoms with Crippen molar-refractivity contribution in [1.29, 1.82) is 0 Å². The van der Waals surface area contributed by atoms with Crippen molar-refractivity contribution in [3.05, 3.63) is 35.9 Å². The van der Waals surface area contributed by atoms with E-state index in [1.54, 1.807) is 0 Å². The third-order valence-corrected chi connectivity index (χ3v) is 7.57. The maximum Gasteiger partial charge on any atom is 0.303 e. The Morgan fingerprint density at radius 2 is 1.77 bits per heavy atom. The molecule has 118 valence electrons. The topological polar surface area (TPSA) is 37.3 Å². The lowest BCUT2D eigenvalue weighted by Crippen LogP contribution is -2.59. The maximum absolute atomic E-state index is 11.7. The Morgan fingerprint density at radius 1 is 1.14 bits per heavy atom. The molecule has 4 fully saturated rings. The number of carbonyl (C=O) groups is 1. The lowest BCUT2D eigenvalue weighted by Gasteiger charge is -2.64. The van der Waals surface area contributed by atoms with E-state index in [4.69, 9.17) is 0 Å². The number of carboxylic acid groups (broad SMARTS) is 1. The van der Waals surface area contributed by atoms with Crippen molar-refractivity contribution in [3.8, 4) is 0 Å². The normalized spacial score (nSPS) is 42.5. The van der Waals surface area contributed by atoms with Crippen LogP contribution in [0.1, 0.15) is 44.1 Å². The van der Waals surface area contributed by atoms with Crippen LogP contribution in [0.5, 0.6) is 0 Å². The standard InChI is InChI=1S/C19H23BrO2/c20-18-8-14-6-15(10-18)19(12-17(21)22,16(7-14)11-18)9-13-4-2-1-3-5-13/h1-5,14-16H,6-12H2,(H,21,22). The zero-order chi connectivity index (χ0) is 15.4. The van der Waals surface area contributed by atoms with Crippen LogP contribution in [0.4, 0.5) is 0 Å². The van der Waals surface area contributed by atoms with E-state index in [1.165, 1.54) is 37.7 Å². The van der Waals surface area contributed by atoms with E-state index in [2.05, 4.69) is 40.2 Å². The quantitative estimate of drug-likeness (QED) is 0.790. The minimum absolute atomic E-state index is 0.0264. The summed E-state index contributed by atoms with van der Waals surface area (Å²) < 4.78 is 0.308. The number of hydrogen-bond donors (Lipinski definition) is 1. The summed E-state index contributed by atoms with van der Waals surface area (Å²) in [5.41, 5.74) is 1.28. The summed E-state index contributed by atoms with van der Waals surface area (Å²) in [5.74, 6) is 1.32. The fourth-order valence-corrected chi connectivity index (χ4v) is 7.23. The van der Waals surface area contributed by atoms with Crippen LogP contribution in [0.25, 0.3) is 0 Å². The van der Waals surface area contributed by atoms with Crippen LogP contribution in [0.2, 0.25) is 0 Å². The van der Waals surface area contributed by atoms with Gasteiger partial charge < -0.3 is 5.11 Å². The lowest BCUT2D eigenvalue weighted by atomic mass is 9.43. The van der Waals surface area contributed by atoms with Crippen LogP contribution in [-0.4, -0.2) is 15.4 Å². The minimum atomic E-state index is -0.618. The number of aliphatic carboxylic acids is 1. The molecular weight excluding hydrogens is 340 g/mol. The van der Waals surface area contributed by atoms with Crippen molar-refractivity contribution in [3.63, 3.8) is 0 Å². The van der Waals surface area contributed by atoms with E-state index in [0.717, 1.165) is 12.3 Å². The number of halogens is 1. The van der Waals surface area contributed by atoms with Crippen LogP contribution in [-0.2, 0) is 11.2 Å². The first-order chi connectivity index (χ1) is 10.5. The zero-order valence-corrected chi connectivity index (χ0v) is 14.4. The first-order valence-corrected chi connectivity index (χ1v) is 9.23. The average molecular weight is 363 g/mol. The molecule has 0 spiro atoms. The number of benzene rings is 1. The molecule has 2 atom stereocenters. The SMILES string of the molecule is O=C(O)CC1(Cc2ccccc2)C2CC3CC1CC(Br)(C3)C2. The average Bonchev–Trinajstić information content (AvgIpc) is 2.43. The van der Waals surface area contributed by atoms with Gasteiger partial charge in [0.05, 0.1) is 6.42 Å². The Labute approximate surface area is 140 Å². The van der Waals surface area contributed by atoms with Gasteiger partial charge in [0, 0.05) is 4.32 Å². The van der Waals surface area contributed by atoms with E-state index in [-0.39, 0.29) is 5.41 Å². The Balaban J connectivity index is 1.71. The third-order valence-electron chi connectivity index (χ3n) is 6.60. The second-order valence-corrected chi connectivity index (χ2v) is 9.64.